The molecule has 2 aliphatic rings. The summed E-state index contributed by atoms with van der Waals surface area (Å²) >= 11 is 0. The molecular weight excluding hydrogens is 436 g/mol. The quantitative estimate of drug-likeness (QED) is 0.568. The van der Waals surface area contributed by atoms with Gasteiger partial charge >= 0.3 is 6.55 Å². The highest BCUT2D eigenvalue weighted by Gasteiger charge is 2.29. The van der Waals surface area contributed by atoms with Gasteiger partial charge in [-0.2, -0.15) is 8.78 Å². The lowest BCUT2D eigenvalue weighted by Crippen LogP contribution is -2.43. The molecule has 0 aliphatic carbocycles. The Kier molecular flexibility index (Phi) is 6.50. The van der Waals surface area contributed by atoms with Crippen LogP contribution >= 0.6 is 0 Å². The number of likely N-dealkylation sites (N-methyl/N-ethyl adjacent to an activating group) is 1. The maximum atomic E-state index is 13.9. The van der Waals surface area contributed by atoms with E-state index >= 15 is 0 Å². The van der Waals surface area contributed by atoms with Gasteiger partial charge in [-0.05, 0) is 57.1 Å². The molecule has 5 rings (SSSR count). The third kappa shape index (κ3) is 4.51. The van der Waals surface area contributed by atoms with Gasteiger partial charge in [0, 0.05) is 49.9 Å². The zero-order valence-corrected chi connectivity index (χ0v) is 19.5. The van der Waals surface area contributed by atoms with Crippen LogP contribution in [-0.4, -0.2) is 71.6 Å². The molecule has 8 heteroatoms. The lowest BCUT2D eigenvalue weighted by Gasteiger charge is -2.35. The zero-order valence-electron chi connectivity index (χ0n) is 19.5. The highest BCUT2D eigenvalue weighted by Crippen LogP contribution is 2.33. The van der Waals surface area contributed by atoms with Gasteiger partial charge in [-0.15, -0.1) is 0 Å². The minimum atomic E-state index is -2.67. The molecule has 34 heavy (non-hydrogen) atoms. The smallest absolute Gasteiger partial charge is 0.320 e. The summed E-state index contributed by atoms with van der Waals surface area (Å²) in [4.78, 5) is 24.2. The number of fused-ring (bicyclic) bond motifs is 1. The zero-order chi connectivity index (χ0) is 23.7. The molecule has 1 amide bonds. The Balaban J connectivity index is 1.30. The normalized spacial score (nSPS) is 18.6. The van der Waals surface area contributed by atoms with E-state index in [1.54, 1.807) is 24.3 Å². The first kappa shape index (κ1) is 22.8. The number of rotatable bonds is 4. The first-order valence-electron chi connectivity index (χ1n) is 12.1. The number of halogens is 2. The van der Waals surface area contributed by atoms with Gasteiger partial charge in [0.25, 0.3) is 0 Å². The average molecular weight is 468 g/mol. The second-order valence-corrected chi connectivity index (χ2v) is 9.37. The summed E-state index contributed by atoms with van der Waals surface area (Å²) in [6.45, 7) is 2.50. The molecule has 0 bridgehead atoms. The molecule has 0 radical (unpaired) electrons. The van der Waals surface area contributed by atoms with Crippen molar-refractivity contribution in [2.75, 3.05) is 51.2 Å². The highest BCUT2D eigenvalue weighted by molar-refractivity contribution is 5.81. The van der Waals surface area contributed by atoms with E-state index in [0.29, 0.717) is 16.6 Å². The molecule has 2 fully saturated rings. The number of alkyl halides is 2. The fourth-order valence-corrected chi connectivity index (χ4v) is 5.20. The largest absolute Gasteiger partial charge is 0.371 e. The minimum Gasteiger partial charge on any atom is -0.371 e. The summed E-state index contributed by atoms with van der Waals surface area (Å²) in [7, 11) is 2.11. The van der Waals surface area contributed by atoms with Crippen molar-refractivity contribution in [3.8, 4) is 11.4 Å². The Morgan fingerprint density at radius 3 is 2.56 bits per heavy atom. The third-order valence-corrected chi connectivity index (χ3v) is 7.14. The van der Waals surface area contributed by atoms with Crippen LogP contribution in [-0.2, 0) is 4.79 Å². The number of para-hydroxylation sites is 2. The molecule has 6 nitrogen and oxygen atoms in total. The van der Waals surface area contributed by atoms with Gasteiger partial charge in [-0.3, -0.25) is 9.36 Å². The second-order valence-electron chi connectivity index (χ2n) is 9.37. The highest BCUT2D eigenvalue weighted by atomic mass is 19.3. The van der Waals surface area contributed by atoms with Crippen LogP contribution in [0.25, 0.3) is 22.4 Å². The summed E-state index contributed by atoms with van der Waals surface area (Å²) < 4.78 is 28.8. The monoisotopic (exact) mass is 467 g/mol. The standard InChI is InChI=1S/C26H31F2N5O/c1-30-12-5-13-32(17-16-30)25(34)19-10-14-31(15-11-19)21-7-4-6-20(18-21)24-29-22-8-2-3-9-23(22)33(24)26(27)28/h2-4,6-9,18-19,26H,5,10-17H2,1H3. The fourth-order valence-electron chi connectivity index (χ4n) is 5.20. The number of imidazole rings is 1. The number of nitrogens with zero attached hydrogens (tertiary/aromatic N) is 5. The Morgan fingerprint density at radius 2 is 1.76 bits per heavy atom. The van der Waals surface area contributed by atoms with Crippen molar-refractivity contribution in [2.24, 2.45) is 5.92 Å². The van der Waals surface area contributed by atoms with Crippen LogP contribution in [0.15, 0.2) is 48.5 Å². The summed E-state index contributed by atoms with van der Waals surface area (Å²) in [5, 5.41) is 0. The molecule has 180 valence electrons. The van der Waals surface area contributed by atoms with Crippen LogP contribution < -0.4 is 4.90 Å². The summed E-state index contributed by atoms with van der Waals surface area (Å²) in [5.41, 5.74) is 2.63. The van der Waals surface area contributed by atoms with Crippen molar-refractivity contribution in [3.05, 3.63) is 48.5 Å². The van der Waals surface area contributed by atoms with Gasteiger partial charge in [0.15, 0.2) is 0 Å². The van der Waals surface area contributed by atoms with E-state index in [4.69, 9.17) is 0 Å². The van der Waals surface area contributed by atoms with Gasteiger partial charge in [0.05, 0.1) is 11.0 Å². The summed E-state index contributed by atoms with van der Waals surface area (Å²) in [6, 6.07) is 14.6. The number of anilines is 1. The maximum Gasteiger partial charge on any atom is 0.320 e. The maximum absolute atomic E-state index is 13.9. The van der Waals surface area contributed by atoms with Crippen LogP contribution in [0, 0.1) is 5.92 Å². The average Bonchev–Trinajstić information content (AvgIpc) is 3.13. The molecule has 0 unspecified atom stereocenters. The number of benzene rings is 2. The van der Waals surface area contributed by atoms with Crippen LogP contribution in [0.3, 0.4) is 0 Å². The SMILES string of the molecule is CN1CCCN(C(=O)C2CCN(c3cccc(-c4nc5ccccc5n4C(F)F)c3)CC2)CC1. The van der Waals surface area contributed by atoms with E-state index in [9.17, 15) is 13.6 Å². The van der Waals surface area contributed by atoms with Crippen molar-refractivity contribution in [2.45, 2.75) is 25.8 Å². The Bertz CT molecular complexity index is 1160. The summed E-state index contributed by atoms with van der Waals surface area (Å²) in [5.74, 6) is 0.620. The van der Waals surface area contributed by atoms with Crippen LogP contribution in [0.1, 0.15) is 25.8 Å². The minimum absolute atomic E-state index is 0.0610. The first-order valence-corrected chi connectivity index (χ1v) is 12.1. The van der Waals surface area contributed by atoms with Crippen molar-refractivity contribution in [1.82, 2.24) is 19.4 Å². The summed E-state index contributed by atoms with van der Waals surface area (Å²) in [6.07, 6.45) is 2.65. The predicted octanol–water partition coefficient (Wildman–Crippen LogP) is 4.48. The number of piperidine rings is 1. The van der Waals surface area contributed by atoms with Gasteiger partial charge in [0.2, 0.25) is 5.91 Å². The number of carbonyl (C=O) groups excluding carboxylic acids is 1. The molecule has 0 N–H and O–H groups in total. The van der Waals surface area contributed by atoms with Crippen molar-refractivity contribution in [1.29, 1.82) is 0 Å². The molecule has 3 heterocycles. The molecule has 1 aromatic heterocycles. The van der Waals surface area contributed by atoms with E-state index in [1.807, 2.05) is 29.2 Å². The number of hydrogen-bond donors (Lipinski definition) is 0. The van der Waals surface area contributed by atoms with Crippen LogP contribution in [0.2, 0.25) is 0 Å². The van der Waals surface area contributed by atoms with E-state index in [2.05, 4.69) is 21.8 Å². The Hall–Kier alpha value is -3.00. The topological polar surface area (TPSA) is 44.6 Å². The van der Waals surface area contributed by atoms with E-state index in [-0.39, 0.29) is 17.6 Å². The fraction of sp³-hybridized carbons (Fsp3) is 0.462. The molecule has 0 spiro atoms. The van der Waals surface area contributed by atoms with Crippen molar-refractivity contribution in [3.63, 3.8) is 0 Å². The third-order valence-electron chi connectivity index (χ3n) is 7.14. The van der Waals surface area contributed by atoms with Gasteiger partial charge in [0.1, 0.15) is 5.82 Å². The van der Waals surface area contributed by atoms with Crippen molar-refractivity contribution >= 4 is 22.6 Å². The predicted molar refractivity (Wildman–Crippen MR) is 130 cm³/mol. The lowest BCUT2D eigenvalue weighted by atomic mass is 9.94. The first-order chi connectivity index (χ1) is 16.5. The molecule has 0 atom stereocenters. The van der Waals surface area contributed by atoms with E-state index in [1.165, 1.54) is 0 Å². The molecule has 2 aliphatic heterocycles. The second kappa shape index (κ2) is 9.70. The van der Waals surface area contributed by atoms with Gasteiger partial charge in [-0.25, -0.2) is 4.98 Å². The molecular formula is C26H31F2N5O. The van der Waals surface area contributed by atoms with Crippen molar-refractivity contribution < 1.29 is 13.6 Å². The molecule has 0 saturated carbocycles. The Morgan fingerprint density at radius 1 is 0.971 bits per heavy atom. The van der Waals surface area contributed by atoms with Crippen LogP contribution in [0.5, 0.6) is 0 Å². The number of amides is 1. The number of carbonyl (C=O) groups is 1. The molecule has 2 aromatic carbocycles. The Labute approximate surface area is 198 Å². The molecule has 2 saturated heterocycles. The van der Waals surface area contributed by atoms with E-state index in [0.717, 1.165) is 68.8 Å². The number of aromatic nitrogens is 2. The number of hydrogen-bond acceptors (Lipinski definition) is 4. The van der Waals surface area contributed by atoms with Gasteiger partial charge in [-0.1, -0.05) is 24.3 Å². The van der Waals surface area contributed by atoms with E-state index < -0.39 is 6.55 Å². The van der Waals surface area contributed by atoms with Gasteiger partial charge < -0.3 is 14.7 Å². The molecule has 3 aromatic rings. The lowest BCUT2D eigenvalue weighted by molar-refractivity contribution is -0.136. The van der Waals surface area contributed by atoms with Crippen LogP contribution in [0.4, 0.5) is 14.5 Å².